The zero-order valence-electron chi connectivity index (χ0n) is 9.45. The van der Waals surface area contributed by atoms with E-state index in [1.54, 1.807) is 6.07 Å². The fourth-order valence-corrected chi connectivity index (χ4v) is 2.02. The number of nitrogens with zero attached hydrogens (tertiary/aromatic N) is 1. The van der Waals surface area contributed by atoms with Gasteiger partial charge in [-0.05, 0) is 24.6 Å². The smallest absolute Gasteiger partial charge is 0.125 e. The summed E-state index contributed by atoms with van der Waals surface area (Å²) in [6, 6.07) is 6.53. The summed E-state index contributed by atoms with van der Waals surface area (Å²) < 4.78 is 18.3. The van der Waals surface area contributed by atoms with E-state index in [4.69, 9.17) is 10.5 Å². The lowest BCUT2D eigenvalue weighted by molar-refractivity contribution is 0.179. The molecule has 1 aliphatic rings. The molecule has 88 valence electrons. The summed E-state index contributed by atoms with van der Waals surface area (Å²) in [5, 5.41) is 0. The molecule has 0 aliphatic carbocycles. The first kappa shape index (κ1) is 11.4. The molecule has 3 nitrogen and oxygen atoms in total. The van der Waals surface area contributed by atoms with Crippen molar-refractivity contribution < 1.29 is 9.13 Å². The van der Waals surface area contributed by atoms with E-state index in [2.05, 4.69) is 0 Å². The normalized spacial score (nSPS) is 24.7. The van der Waals surface area contributed by atoms with Crippen LogP contribution in [0.4, 0.5) is 10.1 Å². The van der Waals surface area contributed by atoms with E-state index in [-0.39, 0.29) is 11.4 Å². The lowest BCUT2D eigenvalue weighted by Crippen LogP contribution is -2.50. The van der Waals surface area contributed by atoms with Crippen molar-refractivity contribution in [3.63, 3.8) is 0 Å². The monoisotopic (exact) mass is 224 g/mol. The number of ether oxygens (including phenoxy) is 1. The highest BCUT2D eigenvalue weighted by Gasteiger charge is 2.31. The number of likely N-dealkylation sites (N-methyl/N-ethyl adjacent to an activating group) is 1. The summed E-state index contributed by atoms with van der Waals surface area (Å²) in [7, 11) is 1.92. The highest BCUT2D eigenvalue weighted by Crippen LogP contribution is 2.20. The molecule has 0 amide bonds. The van der Waals surface area contributed by atoms with Crippen molar-refractivity contribution in [2.24, 2.45) is 5.73 Å². The maximum Gasteiger partial charge on any atom is 0.125 e. The molecule has 2 N–H and O–H groups in total. The number of hydrogen-bond acceptors (Lipinski definition) is 3. The Morgan fingerprint density at radius 3 is 3.00 bits per heavy atom. The van der Waals surface area contributed by atoms with Crippen LogP contribution in [0.2, 0.25) is 0 Å². The summed E-state index contributed by atoms with van der Waals surface area (Å²) in [6.07, 6.45) is 0.854. The molecule has 1 atom stereocenters. The molecule has 1 fully saturated rings. The Hall–Kier alpha value is -1.13. The number of halogens is 1. The first-order valence-electron chi connectivity index (χ1n) is 5.42. The van der Waals surface area contributed by atoms with Gasteiger partial charge in [0.1, 0.15) is 5.82 Å². The number of nitrogens with two attached hydrogens (primary N) is 1. The molecular formula is C12H17FN2O. The van der Waals surface area contributed by atoms with E-state index in [0.717, 1.165) is 12.1 Å². The quantitative estimate of drug-likeness (QED) is 0.843. The zero-order valence-corrected chi connectivity index (χ0v) is 9.45. The van der Waals surface area contributed by atoms with Gasteiger partial charge in [-0.3, -0.25) is 0 Å². The number of rotatable bonds is 3. The van der Waals surface area contributed by atoms with E-state index < -0.39 is 0 Å². The molecule has 0 aromatic heterocycles. The van der Waals surface area contributed by atoms with Crippen molar-refractivity contribution in [3.8, 4) is 0 Å². The van der Waals surface area contributed by atoms with E-state index in [1.807, 2.05) is 18.0 Å². The number of anilines is 1. The van der Waals surface area contributed by atoms with Crippen molar-refractivity contribution in [3.05, 3.63) is 30.1 Å². The maximum absolute atomic E-state index is 13.1. The topological polar surface area (TPSA) is 38.5 Å². The maximum atomic E-state index is 13.1. The molecule has 1 unspecified atom stereocenters. The highest BCUT2D eigenvalue weighted by molar-refractivity contribution is 5.46. The number of hydrogen-bond donors (Lipinski definition) is 1. The third kappa shape index (κ3) is 2.51. The van der Waals surface area contributed by atoms with Gasteiger partial charge < -0.3 is 15.4 Å². The summed E-state index contributed by atoms with van der Waals surface area (Å²) >= 11 is 0. The molecule has 1 aromatic carbocycles. The lowest BCUT2D eigenvalue weighted by Gasteiger charge is -2.29. The second-order valence-electron chi connectivity index (χ2n) is 4.50. The summed E-state index contributed by atoms with van der Waals surface area (Å²) in [6.45, 7) is 1.97. The van der Waals surface area contributed by atoms with Gasteiger partial charge in [-0.2, -0.15) is 0 Å². The molecular weight excluding hydrogens is 207 g/mol. The van der Waals surface area contributed by atoms with Gasteiger partial charge in [0.2, 0.25) is 0 Å². The summed E-state index contributed by atoms with van der Waals surface area (Å²) in [5.74, 6) is -0.224. The van der Waals surface area contributed by atoms with Gasteiger partial charge in [0, 0.05) is 25.9 Å². The Balaban J connectivity index is 2.05. The van der Waals surface area contributed by atoms with Crippen LogP contribution in [0.15, 0.2) is 24.3 Å². The predicted molar refractivity (Wildman–Crippen MR) is 62.0 cm³/mol. The Morgan fingerprint density at radius 2 is 2.38 bits per heavy atom. The van der Waals surface area contributed by atoms with E-state index >= 15 is 0 Å². The third-order valence-corrected chi connectivity index (χ3v) is 2.93. The molecule has 1 saturated heterocycles. The SMILES string of the molecule is CN(CC1(N)CCOC1)c1cccc(F)c1. The Labute approximate surface area is 95.0 Å². The minimum Gasteiger partial charge on any atom is -0.379 e. The van der Waals surface area contributed by atoms with Gasteiger partial charge in [0.05, 0.1) is 12.1 Å². The van der Waals surface area contributed by atoms with E-state index in [1.165, 1.54) is 12.1 Å². The van der Waals surface area contributed by atoms with Crippen molar-refractivity contribution in [1.29, 1.82) is 0 Å². The molecule has 4 heteroatoms. The van der Waals surface area contributed by atoms with Crippen LogP contribution in [-0.2, 0) is 4.74 Å². The lowest BCUT2D eigenvalue weighted by atomic mass is 9.99. The van der Waals surface area contributed by atoms with Crippen LogP contribution >= 0.6 is 0 Å². The van der Waals surface area contributed by atoms with Crippen LogP contribution < -0.4 is 10.6 Å². The average Bonchev–Trinajstić information content (AvgIpc) is 2.65. The average molecular weight is 224 g/mol. The Bertz CT molecular complexity index is 364. The summed E-state index contributed by atoms with van der Waals surface area (Å²) in [5.41, 5.74) is 6.71. The molecule has 0 radical (unpaired) electrons. The van der Waals surface area contributed by atoms with Gasteiger partial charge in [0.25, 0.3) is 0 Å². The van der Waals surface area contributed by atoms with Crippen LogP contribution in [0.25, 0.3) is 0 Å². The molecule has 0 saturated carbocycles. The van der Waals surface area contributed by atoms with Gasteiger partial charge in [0.15, 0.2) is 0 Å². The molecule has 1 heterocycles. The second kappa shape index (κ2) is 4.39. The first-order valence-corrected chi connectivity index (χ1v) is 5.42. The molecule has 1 aliphatic heterocycles. The fourth-order valence-electron chi connectivity index (χ4n) is 2.02. The van der Waals surface area contributed by atoms with Crippen molar-refractivity contribution >= 4 is 5.69 Å². The minimum absolute atomic E-state index is 0.224. The zero-order chi connectivity index (χ0) is 11.6. The molecule has 1 aromatic rings. The van der Waals surface area contributed by atoms with E-state index in [9.17, 15) is 4.39 Å². The standard InChI is InChI=1S/C12H17FN2O/c1-15(8-12(14)5-6-16-9-12)11-4-2-3-10(13)7-11/h2-4,7H,5-6,8-9,14H2,1H3. The highest BCUT2D eigenvalue weighted by atomic mass is 19.1. The van der Waals surface area contributed by atoms with Crippen LogP contribution in [0.1, 0.15) is 6.42 Å². The van der Waals surface area contributed by atoms with Gasteiger partial charge in [-0.1, -0.05) is 6.07 Å². The second-order valence-corrected chi connectivity index (χ2v) is 4.50. The Morgan fingerprint density at radius 1 is 1.56 bits per heavy atom. The molecule has 0 bridgehead atoms. The van der Waals surface area contributed by atoms with E-state index in [0.29, 0.717) is 19.8 Å². The largest absolute Gasteiger partial charge is 0.379 e. The van der Waals surface area contributed by atoms with Gasteiger partial charge in [-0.25, -0.2) is 4.39 Å². The van der Waals surface area contributed by atoms with Gasteiger partial charge in [-0.15, -0.1) is 0 Å². The molecule has 16 heavy (non-hydrogen) atoms. The third-order valence-electron chi connectivity index (χ3n) is 2.93. The first-order chi connectivity index (χ1) is 7.59. The Kier molecular flexibility index (Phi) is 3.12. The van der Waals surface area contributed by atoms with Crippen molar-refractivity contribution in [2.75, 3.05) is 31.7 Å². The fraction of sp³-hybridized carbons (Fsp3) is 0.500. The summed E-state index contributed by atoms with van der Waals surface area (Å²) in [4.78, 5) is 1.97. The molecule has 0 spiro atoms. The van der Waals surface area contributed by atoms with Crippen molar-refractivity contribution in [2.45, 2.75) is 12.0 Å². The van der Waals surface area contributed by atoms with Crippen LogP contribution in [-0.4, -0.2) is 32.3 Å². The van der Waals surface area contributed by atoms with Crippen molar-refractivity contribution in [1.82, 2.24) is 0 Å². The van der Waals surface area contributed by atoms with Crippen LogP contribution in [0.5, 0.6) is 0 Å². The van der Waals surface area contributed by atoms with Crippen LogP contribution in [0.3, 0.4) is 0 Å². The van der Waals surface area contributed by atoms with Crippen LogP contribution in [0, 0.1) is 5.82 Å². The van der Waals surface area contributed by atoms with Gasteiger partial charge >= 0.3 is 0 Å². The minimum atomic E-state index is -0.304. The predicted octanol–water partition coefficient (Wildman–Crippen LogP) is 1.38. The number of benzene rings is 1. The molecule has 2 rings (SSSR count).